The Balaban J connectivity index is 1.91. The number of hydrogen-bond acceptors (Lipinski definition) is 5. The van der Waals surface area contributed by atoms with E-state index in [-0.39, 0.29) is 31.1 Å². The van der Waals surface area contributed by atoms with Crippen molar-refractivity contribution < 1.29 is 19.1 Å². The van der Waals surface area contributed by atoms with Crippen LogP contribution in [0.25, 0.3) is 0 Å². The van der Waals surface area contributed by atoms with Gasteiger partial charge in [-0.15, -0.1) is 0 Å². The smallest absolute Gasteiger partial charge is 0.337 e. The van der Waals surface area contributed by atoms with E-state index in [1.54, 1.807) is 0 Å². The van der Waals surface area contributed by atoms with E-state index in [4.69, 9.17) is 9.47 Å². The van der Waals surface area contributed by atoms with Gasteiger partial charge in [0, 0.05) is 5.92 Å². The van der Waals surface area contributed by atoms with Gasteiger partial charge in [-0.05, 0) is 5.56 Å². The molecule has 0 N–H and O–H groups in total. The first-order valence-electron chi connectivity index (χ1n) is 6.45. The van der Waals surface area contributed by atoms with Crippen LogP contribution >= 0.6 is 0 Å². The monoisotopic (exact) mass is 269 g/mol. The molecular weight excluding hydrogens is 258 g/mol. The van der Waals surface area contributed by atoms with E-state index >= 15 is 0 Å². The topological polar surface area (TPSA) is 65.0 Å². The Labute approximate surface area is 114 Å². The summed E-state index contributed by atoms with van der Waals surface area (Å²) in [6.07, 6.45) is 0. The molecule has 0 spiro atoms. The molecule has 1 fully saturated rings. The fourth-order valence-electron chi connectivity index (χ4n) is 3.06. The quantitative estimate of drug-likeness (QED) is 0.719. The fourth-order valence-corrected chi connectivity index (χ4v) is 3.06. The summed E-state index contributed by atoms with van der Waals surface area (Å²) in [7, 11) is 0. The predicted molar refractivity (Wildman–Crippen MR) is 69.1 cm³/mol. The van der Waals surface area contributed by atoms with E-state index in [0.29, 0.717) is 17.0 Å². The molecule has 2 unspecified atom stereocenters. The van der Waals surface area contributed by atoms with Gasteiger partial charge in [-0.25, -0.2) is 4.79 Å². The molecule has 3 aliphatic rings. The third-order valence-corrected chi connectivity index (χ3v) is 3.93. The number of rotatable bonds is 1. The molecule has 5 nitrogen and oxygen atoms in total. The van der Waals surface area contributed by atoms with Gasteiger partial charge in [0.1, 0.15) is 19.1 Å². The van der Waals surface area contributed by atoms with Crippen LogP contribution in [0.15, 0.2) is 46.6 Å². The highest BCUT2D eigenvalue weighted by Gasteiger charge is 2.49. The summed E-state index contributed by atoms with van der Waals surface area (Å²) in [6, 6.07) is 9.50. The number of esters is 2. The molecular formula is C15H11NO4. The van der Waals surface area contributed by atoms with Crippen LogP contribution in [-0.4, -0.2) is 30.9 Å². The molecule has 1 aromatic rings. The Morgan fingerprint density at radius 2 is 1.80 bits per heavy atom. The van der Waals surface area contributed by atoms with Gasteiger partial charge in [0.2, 0.25) is 0 Å². The van der Waals surface area contributed by atoms with Crippen LogP contribution < -0.4 is 0 Å². The minimum Gasteiger partial charge on any atom is -0.459 e. The van der Waals surface area contributed by atoms with Crippen molar-refractivity contribution >= 4 is 17.7 Å². The number of aliphatic imine (C=N–C) groups is 1. The molecule has 0 aliphatic carbocycles. The van der Waals surface area contributed by atoms with Crippen molar-refractivity contribution in [1.82, 2.24) is 0 Å². The van der Waals surface area contributed by atoms with Crippen LogP contribution in [-0.2, 0) is 19.1 Å². The van der Waals surface area contributed by atoms with Gasteiger partial charge in [-0.1, -0.05) is 30.3 Å². The van der Waals surface area contributed by atoms with Gasteiger partial charge >= 0.3 is 11.9 Å². The Morgan fingerprint density at radius 3 is 2.60 bits per heavy atom. The molecule has 1 saturated heterocycles. The van der Waals surface area contributed by atoms with Crippen molar-refractivity contribution in [3.05, 3.63) is 47.2 Å². The van der Waals surface area contributed by atoms with E-state index in [9.17, 15) is 9.59 Å². The molecule has 0 bridgehead atoms. The zero-order chi connectivity index (χ0) is 13.7. The highest BCUT2D eigenvalue weighted by Crippen LogP contribution is 2.43. The normalized spacial score (nSPS) is 27.7. The van der Waals surface area contributed by atoms with Crippen LogP contribution in [0.5, 0.6) is 0 Å². The molecule has 4 rings (SSSR count). The van der Waals surface area contributed by atoms with Crippen LogP contribution in [0.4, 0.5) is 0 Å². The molecule has 5 heteroatoms. The summed E-state index contributed by atoms with van der Waals surface area (Å²) in [6.45, 7) is 0.389. The van der Waals surface area contributed by atoms with Gasteiger partial charge in [-0.3, -0.25) is 9.79 Å². The molecule has 0 amide bonds. The Bertz CT molecular complexity index is 674. The van der Waals surface area contributed by atoms with E-state index in [1.807, 2.05) is 30.3 Å². The summed E-state index contributed by atoms with van der Waals surface area (Å²) in [5, 5.41) is 0. The Kier molecular flexibility index (Phi) is 2.30. The lowest BCUT2D eigenvalue weighted by molar-refractivity contribution is -0.141. The molecule has 1 aromatic carbocycles. The summed E-state index contributed by atoms with van der Waals surface area (Å²) in [5.74, 6) is -1.54. The standard InChI is InChI=1S/C15H11NO4/c17-14-12-9(6-19-14)16-10-7-20-15(18)13(10)11(12)8-4-2-1-3-5-8/h1-5,11-12H,6-7H2. The van der Waals surface area contributed by atoms with Crippen LogP contribution in [0.1, 0.15) is 11.5 Å². The second-order valence-corrected chi connectivity index (χ2v) is 5.01. The van der Waals surface area contributed by atoms with Crippen LogP contribution in [0.2, 0.25) is 0 Å². The zero-order valence-electron chi connectivity index (χ0n) is 10.5. The number of ether oxygens (including phenoxy) is 2. The van der Waals surface area contributed by atoms with Crippen LogP contribution in [0.3, 0.4) is 0 Å². The van der Waals surface area contributed by atoms with Gasteiger partial charge in [0.25, 0.3) is 0 Å². The summed E-state index contributed by atoms with van der Waals surface area (Å²) >= 11 is 0. The molecule has 100 valence electrons. The fraction of sp³-hybridized carbons (Fsp3) is 0.267. The Hall–Kier alpha value is -2.43. The highest BCUT2D eigenvalue weighted by molar-refractivity contribution is 6.12. The van der Waals surface area contributed by atoms with Crippen molar-refractivity contribution in [2.24, 2.45) is 10.9 Å². The molecule has 20 heavy (non-hydrogen) atoms. The first-order valence-corrected chi connectivity index (χ1v) is 6.45. The lowest BCUT2D eigenvalue weighted by Crippen LogP contribution is -2.30. The minimum atomic E-state index is -0.498. The lowest BCUT2D eigenvalue weighted by Gasteiger charge is -2.24. The summed E-state index contributed by atoms with van der Waals surface area (Å²) in [4.78, 5) is 28.4. The van der Waals surface area contributed by atoms with Crippen LogP contribution in [0, 0.1) is 5.92 Å². The van der Waals surface area contributed by atoms with Gasteiger partial charge < -0.3 is 9.47 Å². The maximum absolute atomic E-state index is 12.0. The molecule has 2 atom stereocenters. The van der Waals surface area contributed by atoms with Crippen molar-refractivity contribution in [3.8, 4) is 0 Å². The number of fused-ring (bicyclic) bond motifs is 1. The third kappa shape index (κ3) is 1.46. The maximum atomic E-state index is 12.0. The maximum Gasteiger partial charge on any atom is 0.337 e. The molecule has 0 radical (unpaired) electrons. The lowest BCUT2D eigenvalue weighted by atomic mass is 9.77. The van der Waals surface area contributed by atoms with Gasteiger partial charge in [-0.2, -0.15) is 0 Å². The van der Waals surface area contributed by atoms with Crippen molar-refractivity contribution in [2.45, 2.75) is 5.92 Å². The third-order valence-electron chi connectivity index (χ3n) is 3.93. The summed E-state index contributed by atoms with van der Waals surface area (Å²) < 4.78 is 10.2. The van der Waals surface area contributed by atoms with E-state index in [0.717, 1.165) is 5.56 Å². The van der Waals surface area contributed by atoms with E-state index < -0.39 is 5.92 Å². The second-order valence-electron chi connectivity index (χ2n) is 5.01. The van der Waals surface area contributed by atoms with E-state index in [1.165, 1.54) is 0 Å². The SMILES string of the molecule is O=C1OCC2=C1C(c1ccccc1)C1C(=O)OCC1=N2. The van der Waals surface area contributed by atoms with E-state index in [2.05, 4.69) is 4.99 Å². The molecule has 0 aromatic heterocycles. The van der Waals surface area contributed by atoms with Crippen molar-refractivity contribution in [1.29, 1.82) is 0 Å². The molecule has 0 saturated carbocycles. The largest absolute Gasteiger partial charge is 0.459 e. The number of cyclic esters (lactones) is 2. The second kappa shape index (κ2) is 4.03. The number of hydrogen-bond donors (Lipinski definition) is 0. The first-order chi connectivity index (χ1) is 9.75. The van der Waals surface area contributed by atoms with Crippen molar-refractivity contribution in [3.63, 3.8) is 0 Å². The summed E-state index contributed by atoms with van der Waals surface area (Å²) in [5.41, 5.74) is 2.74. The average Bonchev–Trinajstić information content (AvgIpc) is 3.03. The zero-order valence-corrected chi connectivity index (χ0v) is 10.5. The highest BCUT2D eigenvalue weighted by atomic mass is 16.5. The Morgan fingerprint density at radius 1 is 1.00 bits per heavy atom. The van der Waals surface area contributed by atoms with Gasteiger partial charge in [0.05, 0.1) is 17.0 Å². The number of carbonyl (C=O) groups is 2. The molecule has 3 heterocycles. The molecule has 3 aliphatic heterocycles. The minimum absolute atomic E-state index is 0.182. The predicted octanol–water partition coefficient (Wildman–Crippen LogP) is 1.21. The van der Waals surface area contributed by atoms with Gasteiger partial charge in [0.15, 0.2) is 0 Å². The average molecular weight is 269 g/mol. The number of nitrogens with zero attached hydrogens (tertiary/aromatic N) is 1. The van der Waals surface area contributed by atoms with Crippen molar-refractivity contribution in [2.75, 3.05) is 13.2 Å². The first kappa shape index (κ1) is 11.4. The number of benzene rings is 1. The number of carbonyl (C=O) groups excluding carboxylic acids is 2.